The van der Waals surface area contributed by atoms with Gasteiger partial charge in [0.2, 0.25) is 11.7 Å². The van der Waals surface area contributed by atoms with E-state index in [1.165, 1.54) is 6.42 Å². The van der Waals surface area contributed by atoms with E-state index in [0.717, 1.165) is 43.9 Å². The molecule has 0 atom stereocenters. The number of anilines is 2. The quantitative estimate of drug-likeness (QED) is 0.582. The lowest BCUT2D eigenvalue weighted by Gasteiger charge is -2.55. The molecule has 2 aliphatic rings. The van der Waals surface area contributed by atoms with E-state index in [4.69, 9.17) is 32.5 Å². The van der Waals surface area contributed by atoms with Crippen LogP contribution in [0.1, 0.15) is 12.8 Å². The minimum Gasteiger partial charge on any atom is -0.481 e. The number of halogens is 2. The van der Waals surface area contributed by atoms with Crippen molar-refractivity contribution in [3.63, 3.8) is 0 Å². The fraction of sp³-hybridized carbons (Fsp3) is 0.381. The number of methoxy groups -OCH3 is 1. The highest BCUT2D eigenvalue weighted by atomic mass is 35.5. The topological polar surface area (TPSA) is 67.5 Å². The Balaban J connectivity index is 1.29. The van der Waals surface area contributed by atoms with Gasteiger partial charge >= 0.3 is 6.01 Å². The summed E-state index contributed by atoms with van der Waals surface area (Å²) in [5, 5.41) is 5.23. The smallest absolute Gasteiger partial charge is 0.324 e. The molecule has 1 aromatic carbocycles. The first-order valence-electron chi connectivity index (χ1n) is 9.84. The molecule has 0 N–H and O–H groups in total. The molecule has 2 saturated heterocycles. The summed E-state index contributed by atoms with van der Waals surface area (Å²) in [6.45, 7) is 3.77. The summed E-state index contributed by atoms with van der Waals surface area (Å²) in [5.41, 5.74) is 2.11. The molecule has 3 aromatic rings. The summed E-state index contributed by atoms with van der Waals surface area (Å²) in [4.78, 5) is 13.3. The van der Waals surface area contributed by atoms with Gasteiger partial charge in [-0.3, -0.25) is 0 Å². The molecular formula is C21H21Cl2N5O2. The average Bonchev–Trinajstić information content (AvgIpc) is 3.22. The van der Waals surface area contributed by atoms with Gasteiger partial charge in [-0.05, 0) is 37.1 Å². The summed E-state index contributed by atoms with van der Waals surface area (Å²) >= 11 is 12.2. The van der Waals surface area contributed by atoms with Crippen LogP contribution < -0.4 is 14.5 Å². The molecule has 9 heteroatoms. The molecule has 156 valence electrons. The van der Waals surface area contributed by atoms with E-state index in [-0.39, 0.29) is 5.41 Å². The van der Waals surface area contributed by atoms with Crippen LogP contribution in [0.15, 0.2) is 41.1 Å². The zero-order valence-electron chi connectivity index (χ0n) is 16.5. The maximum absolute atomic E-state index is 6.11. The van der Waals surface area contributed by atoms with Gasteiger partial charge in [-0.25, -0.2) is 4.98 Å². The molecule has 0 saturated carbocycles. The molecule has 30 heavy (non-hydrogen) atoms. The average molecular weight is 446 g/mol. The van der Waals surface area contributed by atoms with Crippen LogP contribution in [0.3, 0.4) is 0 Å². The predicted octanol–water partition coefficient (Wildman–Crippen LogP) is 4.55. The van der Waals surface area contributed by atoms with Gasteiger partial charge in [0, 0.05) is 65.2 Å². The summed E-state index contributed by atoms with van der Waals surface area (Å²) < 4.78 is 10.8. The second-order valence-corrected chi connectivity index (χ2v) is 8.87. The van der Waals surface area contributed by atoms with Gasteiger partial charge < -0.3 is 19.1 Å². The van der Waals surface area contributed by atoms with Crippen molar-refractivity contribution < 1.29 is 9.26 Å². The summed E-state index contributed by atoms with van der Waals surface area (Å²) in [6.07, 6.45) is 4.07. The Morgan fingerprint density at radius 2 is 1.83 bits per heavy atom. The number of piperidine rings is 1. The Bertz CT molecular complexity index is 1050. The number of aromatic nitrogens is 3. The predicted molar refractivity (Wildman–Crippen MR) is 117 cm³/mol. The van der Waals surface area contributed by atoms with Crippen LogP contribution in [0, 0.1) is 5.41 Å². The van der Waals surface area contributed by atoms with Crippen LogP contribution in [0.25, 0.3) is 11.4 Å². The van der Waals surface area contributed by atoms with Crippen molar-refractivity contribution in [2.45, 2.75) is 12.8 Å². The molecule has 4 heterocycles. The number of ether oxygens (including phenoxy) is 1. The Kier molecular flexibility index (Phi) is 4.95. The molecule has 5 rings (SSSR count). The zero-order chi connectivity index (χ0) is 20.7. The number of benzene rings is 1. The van der Waals surface area contributed by atoms with Crippen LogP contribution in [0.2, 0.25) is 10.0 Å². The maximum atomic E-state index is 6.11. The first-order valence-corrected chi connectivity index (χ1v) is 10.6. The van der Waals surface area contributed by atoms with Crippen molar-refractivity contribution in [2.24, 2.45) is 5.41 Å². The van der Waals surface area contributed by atoms with Crippen molar-refractivity contribution in [3.05, 3.63) is 46.6 Å². The molecular weight excluding hydrogens is 425 g/mol. The van der Waals surface area contributed by atoms with E-state index in [2.05, 4.69) is 24.9 Å². The monoisotopic (exact) mass is 445 g/mol. The Hall–Kier alpha value is -2.51. The number of rotatable bonds is 4. The van der Waals surface area contributed by atoms with E-state index in [1.54, 1.807) is 31.5 Å². The third kappa shape index (κ3) is 3.68. The lowest BCUT2D eigenvalue weighted by atomic mass is 9.73. The molecule has 2 aromatic heterocycles. The van der Waals surface area contributed by atoms with Gasteiger partial charge in [0.15, 0.2) is 0 Å². The van der Waals surface area contributed by atoms with Crippen molar-refractivity contribution >= 4 is 34.9 Å². The molecule has 0 bridgehead atoms. The molecule has 0 unspecified atom stereocenters. The summed E-state index contributed by atoms with van der Waals surface area (Å²) in [5.74, 6) is 1.13. The largest absolute Gasteiger partial charge is 0.481 e. The molecule has 2 aliphatic heterocycles. The van der Waals surface area contributed by atoms with E-state index in [1.807, 2.05) is 12.1 Å². The standard InChI is InChI=1S/C21H21Cl2N5O2/c1-29-18-10-17(3-5-24-18)28-12-21(13-28)4-2-6-27(11-21)20-25-19(26-30-20)14-7-15(22)9-16(23)8-14/h3,5,7-10H,2,4,6,11-13H2,1H3. The van der Waals surface area contributed by atoms with Crippen LogP contribution >= 0.6 is 23.2 Å². The third-order valence-corrected chi connectivity index (χ3v) is 6.25. The van der Waals surface area contributed by atoms with Crippen LogP contribution in [0.5, 0.6) is 5.88 Å². The molecule has 2 fully saturated rings. The lowest BCUT2D eigenvalue weighted by molar-refractivity contribution is 0.169. The van der Waals surface area contributed by atoms with Crippen molar-refractivity contribution in [3.8, 4) is 17.3 Å². The molecule has 0 aliphatic carbocycles. The molecule has 0 radical (unpaired) electrons. The SMILES string of the molecule is COc1cc(N2CC3(CCCN(c4nc(-c5cc(Cl)cc(Cl)c5)no4)C3)C2)ccn1. The second-order valence-electron chi connectivity index (χ2n) is 8.00. The van der Waals surface area contributed by atoms with Crippen molar-refractivity contribution in [1.29, 1.82) is 0 Å². The third-order valence-electron chi connectivity index (χ3n) is 5.81. The van der Waals surface area contributed by atoms with Gasteiger partial charge in [-0.1, -0.05) is 28.4 Å². The highest BCUT2D eigenvalue weighted by Crippen LogP contribution is 2.42. The first kappa shape index (κ1) is 19.5. The fourth-order valence-corrected chi connectivity index (χ4v) is 4.95. The first-order chi connectivity index (χ1) is 14.5. The highest BCUT2D eigenvalue weighted by Gasteiger charge is 2.46. The van der Waals surface area contributed by atoms with Gasteiger partial charge in [0.1, 0.15) is 0 Å². The van der Waals surface area contributed by atoms with Gasteiger partial charge in [-0.2, -0.15) is 4.98 Å². The molecule has 1 spiro atoms. The Morgan fingerprint density at radius 1 is 1.07 bits per heavy atom. The number of nitrogens with zero attached hydrogens (tertiary/aromatic N) is 5. The van der Waals surface area contributed by atoms with Crippen LogP contribution in [-0.2, 0) is 0 Å². The van der Waals surface area contributed by atoms with E-state index >= 15 is 0 Å². The van der Waals surface area contributed by atoms with Gasteiger partial charge in [-0.15, -0.1) is 0 Å². The van der Waals surface area contributed by atoms with Gasteiger partial charge in [0.05, 0.1) is 7.11 Å². The van der Waals surface area contributed by atoms with Crippen LogP contribution in [-0.4, -0.2) is 48.4 Å². The van der Waals surface area contributed by atoms with E-state index < -0.39 is 0 Å². The lowest BCUT2D eigenvalue weighted by Crippen LogP contribution is -2.63. The fourth-order valence-electron chi connectivity index (χ4n) is 4.43. The van der Waals surface area contributed by atoms with Gasteiger partial charge in [0.25, 0.3) is 0 Å². The minimum absolute atomic E-state index is 0.225. The van der Waals surface area contributed by atoms with Crippen molar-refractivity contribution in [2.75, 3.05) is 43.1 Å². The normalized spacial score (nSPS) is 17.8. The zero-order valence-corrected chi connectivity index (χ0v) is 18.0. The van der Waals surface area contributed by atoms with Crippen LogP contribution in [0.4, 0.5) is 11.7 Å². The second kappa shape index (κ2) is 7.63. The highest BCUT2D eigenvalue weighted by molar-refractivity contribution is 6.35. The Labute approximate surface area is 184 Å². The molecule has 0 amide bonds. The van der Waals surface area contributed by atoms with Crippen molar-refractivity contribution in [1.82, 2.24) is 15.1 Å². The minimum atomic E-state index is 0.225. The summed E-state index contributed by atoms with van der Waals surface area (Å²) in [6, 6.07) is 9.80. The molecule has 7 nitrogen and oxygen atoms in total. The number of pyridine rings is 1. The summed E-state index contributed by atoms with van der Waals surface area (Å²) in [7, 11) is 1.64. The number of hydrogen-bond donors (Lipinski definition) is 0. The Morgan fingerprint density at radius 3 is 2.60 bits per heavy atom. The van der Waals surface area contributed by atoms with E-state index in [0.29, 0.717) is 27.8 Å². The maximum Gasteiger partial charge on any atom is 0.324 e. The van der Waals surface area contributed by atoms with E-state index in [9.17, 15) is 0 Å². The number of hydrogen-bond acceptors (Lipinski definition) is 7.